The van der Waals surface area contributed by atoms with Crippen LogP contribution in [0.4, 0.5) is 4.39 Å². The molecule has 1 atom stereocenters. The maximum absolute atomic E-state index is 13.6. The minimum Gasteiger partial charge on any atom is -1.00 e. The van der Waals surface area contributed by atoms with Crippen LogP contribution in [0.5, 0.6) is 5.75 Å². The Labute approximate surface area is 232 Å². The van der Waals surface area contributed by atoms with Gasteiger partial charge in [-0.25, -0.2) is 4.39 Å². The molecule has 3 aliphatic heterocycles. The van der Waals surface area contributed by atoms with Crippen molar-refractivity contribution in [2.45, 2.75) is 31.1 Å². The van der Waals surface area contributed by atoms with Gasteiger partial charge in [0.05, 0.1) is 18.1 Å². The molecule has 3 aliphatic rings. The van der Waals surface area contributed by atoms with Crippen molar-refractivity contribution >= 4 is 11.6 Å². The molecule has 1 aromatic heterocycles. The van der Waals surface area contributed by atoms with Crippen molar-refractivity contribution in [2.24, 2.45) is 5.92 Å². The van der Waals surface area contributed by atoms with Gasteiger partial charge < -0.3 is 31.3 Å². The third-order valence-electron chi connectivity index (χ3n) is 7.87. The molecule has 3 fully saturated rings. The molecule has 4 aromatic rings. The zero-order valence-electron chi connectivity index (χ0n) is 20.6. The summed E-state index contributed by atoms with van der Waals surface area (Å²) in [5.74, 6) is 1.29. The number of rotatable bonds is 7. The van der Waals surface area contributed by atoms with Crippen LogP contribution in [0, 0.1) is 11.7 Å². The summed E-state index contributed by atoms with van der Waals surface area (Å²) in [6, 6.07) is 23.3. The topological polar surface area (TPSA) is 68.4 Å². The lowest BCUT2D eigenvalue weighted by molar-refractivity contribution is -0.959. The molecule has 3 saturated heterocycles. The van der Waals surface area contributed by atoms with Crippen LogP contribution in [0.15, 0.2) is 83.4 Å². The normalized spacial score (nSPS) is 22.6. The van der Waals surface area contributed by atoms with Crippen molar-refractivity contribution in [1.29, 1.82) is 0 Å². The third kappa shape index (κ3) is 4.92. The summed E-state index contributed by atoms with van der Waals surface area (Å²) in [7, 11) is 0. The van der Waals surface area contributed by atoms with Crippen LogP contribution in [-0.4, -0.2) is 45.5 Å². The maximum Gasteiger partial charge on any atom is 0.282 e. The minimum absolute atomic E-state index is 0. The summed E-state index contributed by atoms with van der Waals surface area (Å²) >= 11 is 5.97. The molecule has 9 heteroatoms. The molecule has 198 valence electrons. The number of quaternary nitrogens is 1. The molecule has 6 nitrogen and oxygen atoms in total. The van der Waals surface area contributed by atoms with E-state index >= 15 is 0 Å². The van der Waals surface area contributed by atoms with Crippen molar-refractivity contribution in [3.05, 3.63) is 113 Å². The Morgan fingerprint density at radius 1 is 1.00 bits per heavy atom. The predicted molar refractivity (Wildman–Crippen MR) is 136 cm³/mol. The van der Waals surface area contributed by atoms with E-state index in [0.29, 0.717) is 35.2 Å². The van der Waals surface area contributed by atoms with Gasteiger partial charge in [-0.2, -0.15) is 4.98 Å². The SMILES string of the molecule is OC(c1ccccc1)(c1ccccc1)c1noc(C[N+]23CCC(CC2)[C@@H](Oc2ccc(F)c(Cl)c2)C3)n1.[Cl-]. The number of hydrogen-bond acceptors (Lipinski definition) is 5. The number of halogens is 3. The summed E-state index contributed by atoms with van der Waals surface area (Å²) in [6.07, 6.45) is 2.05. The maximum atomic E-state index is 13.6. The molecule has 0 saturated carbocycles. The first kappa shape index (κ1) is 26.6. The first-order valence-electron chi connectivity index (χ1n) is 12.6. The molecule has 3 aromatic carbocycles. The molecule has 0 unspecified atom stereocenters. The Morgan fingerprint density at radius 2 is 1.63 bits per heavy atom. The Morgan fingerprint density at radius 3 is 2.24 bits per heavy atom. The number of fused-ring (bicyclic) bond motifs is 3. The van der Waals surface area contributed by atoms with E-state index in [2.05, 4.69) is 5.16 Å². The van der Waals surface area contributed by atoms with Gasteiger partial charge in [0.15, 0.2) is 18.2 Å². The van der Waals surface area contributed by atoms with Crippen LogP contribution in [0.1, 0.15) is 35.7 Å². The second-order valence-corrected chi connectivity index (χ2v) is 10.6. The Hall–Kier alpha value is -2.97. The Balaban J connectivity index is 0.00000294. The zero-order chi connectivity index (χ0) is 25.5. The number of ether oxygens (including phenoxy) is 1. The van der Waals surface area contributed by atoms with Gasteiger partial charge in [-0.05, 0) is 23.3 Å². The average molecular weight is 556 g/mol. The summed E-state index contributed by atoms with van der Waals surface area (Å²) < 4.78 is 26.4. The smallest absolute Gasteiger partial charge is 0.282 e. The highest BCUT2D eigenvalue weighted by atomic mass is 35.5. The van der Waals surface area contributed by atoms with Crippen LogP contribution in [-0.2, 0) is 12.1 Å². The van der Waals surface area contributed by atoms with Crippen LogP contribution in [0.25, 0.3) is 0 Å². The summed E-state index contributed by atoms with van der Waals surface area (Å²) in [6.45, 7) is 3.34. The van der Waals surface area contributed by atoms with Gasteiger partial charge in [-0.3, -0.25) is 0 Å². The van der Waals surface area contributed by atoms with Crippen LogP contribution in [0.3, 0.4) is 0 Å². The fraction of sp³-hybridized carbons (Fsp3) is 0.310. The van der Waals surface area contributed by atoms with Crippen LogP contribution < -0.4 is 17.1 Å². The van der Waals surface area contributed by atoms with Crippen molar-refractivity contribution in [2.75, 3.05) is 19.6 Å². The largest absolute Gasteiger partial charge is 1.00 e. The van der Waals surface area contributed by atoms with Crippen molar-refractivity contribution in [3.8, 4) is 5.75 Å². The molecule has 0 spiro atoms. The first-order chi connectivity index (χ1) is 18.0. The van der Waals surface area contributed by atoms with E-state index in [9.17, 15) is 9.50 Å². The number of piperidine rings is 3. The first-order valence-corrected chi connectivity index (χ1v) is 13.0. The number of aliphatic hydroxyl groups is 1. The van der Waals surface area contributed by atoms with E-state index in [4.69, 9.17) is 25.8 Å². The van der Waals surface area contributed by atoms with Gasteiger partial charge in [-0.1, -0.05) is 77.4 Å². The fourth-order valence-electron chi connectivity index (χ4n) is 5.84. The van der Waals surface area contributed by atoms with E-state index in [1.807, 2.05) is 60.7 Å². The molecule has 0 aliphatic carbocycles. The van der Waals surface area contributed by atoms with Gasteiger partial charge >= 0.3 is 0 Å². The quantitative estimate of drug-likeness (QED) is 0.354. The second-order valence-electron chi connectivity index (χ2n) is 10.2. The van der Waals surface area contributed by atoms with E-state index in [0.717, 1.165) is 37.0 Å². The van der Waals surface area contributed by atoms with E-state index in [1.165, 1.54) is 12.1 Å². The van der Waals surface area contributed by atoms with Gasteiger partial charge in [0.25, 0.3) is 5.89 Å². The lowest BCUT2D eigenvalue weighted by Crippen LogP contribution is -3.00. The van der Waals surface area contributed by atoms with Crippen LogP contribution in [0.2, 0.25) is 5.02 Å². The molecular formula is C29H28Cl2FN3O3. The summed E-state index contributed by atoms with van der Waals surface area (Å²) in [5.41, 5.74) is -0.191. The Bertz CT molecular complexity index is 1340. The Kier molecular flexibility index (Phi) is 7.47. The molecule has 38 heavy (non-hydrogen) atoms. The standard InChI is InChI=1S/C29H28ClFN3O3.ClH/c30-24-17-23(11-12-25(24)31)36-26-18-34(15-13-20(26)14-16-34)19-27-32-28(33-37-27)29(35,21-7-3-1-4-8-21)22-9-5-2-6-10-22;/h1-12,17,20,26,35H,13-16,18-19H2;1H/q+1;/p-1/t20?,26-,34?;/m0./s1. The van der Waals surface area contributed by atoms with Gasteiger partial charge in [0.1, 0.15) is 18.1 Å². The number of benzene rings is 3. The fourth-order valence-corrected chi connectivity index (χ4v) is 6.01. The monoisotopic (exact) mass is 555 g/mol. The van der Waals surface area contributed by atoms with Gasteiger partial charge in [0.2, 0.25) is 5.82 Å². The molecule has 2 bridgehead atoms. The lowest BCUT2D eigenvalue weighted by Gasteiger charge is -2.51. The highest BCUT2D eigenvalue weighted by Gasteiger charge is 2.48. The predicted octanol–water partition coefficient (Wildman–Crippen LogP) is 2.34. The number of hydrogen-bond donors (Lipinski definition) is 1. The van der Waals surface area contributed by atoms with E-state index in [1.54, 1.807) is 6.07 Å². The summed E-state index contributed by atoms with van der Waals surface area (Å²) in [5, 5.41) is 16.3. The number of nitrogens with zero attached hydrogens (tertiary/aromatic N) is 3. The molecule has 7 rings (SSSR count). The molecule has 0 radical (unpaired) electrons. The zero-order valence-corrected chi connectivity index (χ0v) is 22.2. The summed E-state index contributed by atoms with van der Waals surface area (Å²) in [4.78, 5) is 4.73. The molecular weight excluding hydrogens is 528 g/mol. The highest BCUT2D eigenvalue weighted by Crippen LogP contribution is 2.39. The molecule has 1 N–H and O–H groups in total. The number of aromatic nitrogens is 2. The van der Waals surface area contributed by atoms with Crippen LogP contribution >= 0.6 is 11.6 Å². The minimum atomic E-state index is -1.54. The third-order valence-corrected chi connectivity index (χ3v) is 8.16. The molecule has 4 heterocycles. The van der Waals surface area contributed by atoms with Gasteiger partial charge in [-0.15, -0.1) is 0 Å². The average Bonchev–Trinajstić information content (AvgIpc) is 3.40. The van der Waals surface area contributed by atoms with Crippen molar-refractivity contribution < 1.29 is 35.6 Å². The lowest BCUT2D eigenvalue weighted by atomic mass is 9.83. The second kappa shape index (κ2) is 10.7. The van der Waals surface area contributed by atoms with E-state index < -0.39 is 11.4 Å². The van der Waals surface area contributed by atoms with Crippen molar-refractivity contribution in [3.63, 3.8) is 0 Å². The molecule has 0 amide bonds. The highest BCUT2D eigenvalue weighted by molar-refractivity contribution is 6.30. The van der Waals surface area contributed by atoms with Crippen molar-refractivity contribution in [1.82, 2.24) is 10.1 Å². The van der Waals surface area contributed by atoms with Gasteiger partial charge in [0, 0.05) is 24.8 Å². The van der Waals surface area contributed by atoms with E-state index in [-0.39, 0.29) is 29.4 Å².